The normalized spacial score (nSPS) is 10.4. The number of carbonyl (C=O) groups excluding carboxylic acids is 1. The van der Waals surface area contributed by atoms with Crippen LogP contribution in [0.25, 0.3) is 10.8 Å². The summed E-state index contributed by atoms with van der Waals surface area (Å²) in [5.41, 5.74) is 1.07. The predicted octanol–water partition coefficient (Wildman–Crippen LogP) is 0.722. The third-order valence-corrected chi connectivity index (χ3v) is 2.58. The summed E-state index contributed by atoms with van der Waals surface area (Å²) >= 11 is 0. The molecule has 80 valence electrons. The lowest BCUT2D eigenvalue weighted by Crippen LogP contribution is -2.29. The van der Waals surface area contributed by atoms with E-state index in [2.05, 4.69) is 0 Å². The van der Waals surface area contributed by atoms with Crippen LogP contribution in [0.1, 0.15) is 17.3 Å². The smallest absolute Gasteiger partial charge is 0.423 e. The first-order valence-electron chi connectivity index (χ1n) is 4.99. The number of rotatable bonds is 2. The van der Waals surface area contributed by atoms with Gasteiger partial charge in [0.1, 0.15) is 0 Å². The van der Waals surface area contributed by atoms with Crippen LogP contribution in [0.3, 0.4) is 0 Å². The zero-order chi connectivity index (χ0) is 11.7. The van der Waals surface area contributed by atoms with Gasteiger partial charge in [-0.15, -0.1) is 0 Å². The van der Waals surface area contributed by atoms with Gasteiger partial charge >= 0.3 is 7.12 Å². The Labute approximate surface area is 93.5 Å². The van der Waals surface area contributed by atoms with Crippen LogP contribution in [0.2, 0.25) is 0 Å². The van der Waals surface area contributed by atoms with Crippen LogP contribution in [-0.2, 0) is 0 Å². The Morgan fingerprint density at radius 2 is 1.94 bits per heavy atom. The molecule has 0 bridgehead atoms. The van der Waals surface area contributed by atoms with Crippen molar-refractivity contribution >= 4 is 29.1 Å². The topological polar surface area (TPSA) is 57.5 Å². The number of benzene rings is 2. The van der Waals surface area contributed by atoms with E-state index >= 15 is 0 Å². The van der Waals surface area contributed by atoms with E-state index in [9.17, 15) is 4.79 Å². The number of hydrogen-bond donors (Lipinski definition) is 2. The van der Waals surface area contributed by atoms with E-state index < -0.39 is 7.12 Å². The molecule has 0 saturated carbocycles. The lowest BCUT2D eigenvalue weighted by atomic mass is 9.79. The first-order valence-corrected chi connectivity index (χ1v) is 4.99. The summed E-state index contributed by atoms with van der Waals surface area (Å²) in [5, 5.41) is 19.8. The lowest BCUT2D eigenvalue weighted by molar-refractivity contribution is 0.101. The van der Waals surface area contributed by atoms with Crippen LogP contribution in [0.5, 0.6) is 0 Å². The SMILES string of the molecule is CC(=O)c1cccc2cc(B(O)O)ccc12. The minimum absolute atomic E-state index is 0.00268. The van der Waals surface area contributed by atoms with Crippen LogP contribution in [0.15, 0.2) is 36.4 Å². The summed E-state index contributed by atoms with van der Waals surface area (Å²) in [5.74, 6) is 0.00268. The van der Waals surface area contributed by atoms with Crippen molar-refractivity contribution in [1.29, 1.82) is 0 Å². The minimum atomic E-state index is -1.48. The Morgan fingerprint density at radius 3 is 2.56 bits per heavy atom. The molecular weight excluding hydrogens is 203 g/mol. The van der Waals surface area contributed by atoms with Gasteiger partial charge in [-0.1, -0.05) is 36.4 Å². The van der Waals surface area contributed by atoms with Crippen molar-refractivity contribution in [1.82, 2.24) is 0 Å². The van der Waals surface area contributed by atoms with E-state index in [0.29, 0.717) is 11.0 Å². The van der Waals surface area contributed by atoms with Gasteiger partial charge in [0, 0.05) is 5.56 Å². The molecule has 0 aromatic heterocycles. The van der Waals surface area contributed by atoms with E-state index in [0.717, 1.165) is 10.8 Å². The molecule has 4 heteroatoms. The van der Waals surface area contributed by atoms with Crippen molar-refractivity contribution in [2.24, 2.45) is 0 Å². The monoisotopic (exact) mass is 214 g/mol. The van der Waals surface area contributed by atoms with E-state index in [4.69, 9.17) is 10.0 Å². The number of fused-ring (bicyclic) bond motifs is 1. The van der Waals surface area contributed by atoms with Gasteiger partial charge in [0.15, 0.2) is 5.78 Å². The van der Waals surface area contributed by atoms with Gasteiger partial charge in [-0.2, -0.15) is 0 Å². The summed E-state index contributed by atoms with van der Waals surface area (Å²) in [6, 6.07) is 10.4. The number of hydrogen-bond acceptors (Lipinski definition) is 3. The maximum atomic E-state index is 11.4. The second-order valence-corrected chi connectivity index (χ2v) is 3.72. The molecule has 0 aliphatic carbocycles. The average Bonchev–Trinajstić information content (AvgIpc) is 2.27. The standard InChI is InChI=1S/C12H11BO3/c1-8(14)11-4-2-3-9-7-10(13(15)16)5-6-12(9)11/h2-7,15-16H,1H3. The molecule has 0 spiro atoms. The van der Waals surface area contributed by atoms with Crippen molar-refractivity contribution in [2.75, 3.05) is 0 Å². The predicted molar refractivity (Wildman–Crippen MR) is 63.8 cm³/mol. The highest BCUT2D eigenvalue weighted by Crippen LogP contribution is 2.18. The minimum Gasteiger partial charge on any atom is -0.423 e. The third kappa shape index (κ3) is 1.85. The summed E-state index contributed by atoms with van der Waals surface area (Å²) in [6.07, 6.45) is 0. The van der Waals surface area contributed by atoms with Crippen LogP contribution in [0, 0.1) is 0 Å². The summed E-state index contributed by atoms with van der Waals surface area (Å²) in [7, 11) is -1.48. The first-order chi connectivity index (χ1) is 7.59. The zero-order valence-electron chi connectivity index (χ0n) is 8.84. The van der Waals surface area contributed by atoms with Gasteiger partial charge in [0.05, 0.1) is 0 Å². The lowest BCUT2D eigenvalue weighted by Gasteiger charge is -2.05. The molecular formula is C12H11BO3. The van der Waals surface area contributed by atoms with Crippen molar-refractivity contribution in [3.63, 3.8) is 0 Å². The summed E-state index contributed by atoms with van der Waals surface area (Å²) in [6.45, 7) is 1.52. The summed E-state index contributed by atoms with van der Waals surface area (Å²) < 4.78 is 0. The molecule has 0 aliphatic rings. The van der Waals surface area contributed by atoms with Crippen molar-refractivity contribution in [2.45, 2.75) is 6.92 Å². The third-order valence-electron chi connectivity index (χ3n) is 2.58. The van der Waals surface area contributed by atoms with Gasteiger partial charge in [-0.05, 0) is 23.2 Å². The molecule has 16 heavy (non-hydrogen) atoms. The fourth-order valence-corrected chi connectivity index (χ4v) is 1.77. The number of carbonyl (C=O) groups is 1. The Kier molecular flexibility index (Phi) is 2.77. The first kappa shape index (κ1) is 10.9. The maximum absolute atomic E-state index is 11.4. The fourth-order valence-electron chi connectivity index (χ4n) is 1.77. The van der Waals surface area contributed by atoms with Crippen LogP contribution >= 0.6 is 0 Å². The highest BCUT2D eigenvalue weighted by molar-refractivity contribution is 6.58. The Bertz CT molecular complexity index is 549. The molecule has 0 radical (unpaired) electrons. The maximum Gasteiger partial charge on any atom is 0.488 e. The van der Waals surface area contributed by atoms with Crippen LogP contribution in [0.4, 0.5) is 0 Å². The molecule has 2 aromatic carbocycles. The molecule has 0 aliphatic heterocycles. The van der Waals surface area contributed by atoms with Gasteiger partial charge in [0.25, 0.3) is 0 Å². The fraction of sp³-hybridized carbons (Fsp3) is 0.0833. The van der Waals surface area contributed by atoms with E-state index in [1.807, 2.05) is 6.07 Å². The average molecular weight is 214 g/mol. The quantitative estimate of drug-likeness (QED) is 0.572. The van der Waals surface area contributed by atoms with E-state index in [1.165, 1.54) is 6.92 Å². The van der Waals surface area contributed by atoms with Crippen LogP contribution in [-0.4, -0.2) is 22.9 Å². The molecule has 2 rings (SSSR count). The number of ketones is 1. The molecule has 2 N–H and O–H groups in total. The Hall–Kier alpha value is -1.65. The highest BCUT2D eigenvalue weighted by Gasteiger charge is 2.12. The van der Waals surface area contributed by atoms with Crippen LogP contribution < -0.4 is 5.46 Å². The largest absolute Gasteiger partial charge is 0.488 e. The Morgan fingerprint density at radius 1 is 1.19 bits per heavy atom. The molecule has 0 unspecified atom stereocenters. The zero-order valence-corrected chi connectivity index (χ0v) is 8.84. The molecule has 0 atom stereocenters. The van der Waals surface area contributed by atoms with Crippen molar-refractivity contribution in [3.05, 3.63) is 42.0 Å². The highest BCUT2D eigenvalue weighted by atomic mass is 16.4. The summed E-state index contributed by atoms with van der Waals surface area (Å²) in [4.78, 5) is 11.4. The molecule has 3 nitrogen and oxygen atoms in total. The van der Waals surface area contributed by atoms with Gasteiger partial charge in [-0.25, -0.2) is 0 Å². The Balaban J connectivity index is 2.69. The van der Waals surface area contributed by atoms with Gasteiger partial charge < -0.3 is 10.0 Å². The molecule has 0 saturated heterocycles. The van der Waals surface area contributed by atoms with Crippen molar-refractivity contribution in [3.8, 4) is 0 Å². The van der Waals surface area contributed by atoms with Crippen molar-refractivity contribution < 1.29 is 14.8 Å². The van der Waals surface area contributed by atoms with E-state index in [1.54, 1.807) is 30.3 Å². The molecule has 0 heterocycles. The second kappa shape index (κ2) is 4.08. The number of Topliss-reactive ketones (excluding diaryl/α,β-unsaturated/α-hetero) is 1. The molecule has 2 aromatic rings. The second-order valence-electron chi connectivity index (χ2n) is 3.72. The molecule has 0 amide bonds. The van der Waals surface area contributed by atoms with Gasteiger partial charge in [0.2, 0.25) is 0 Å². The van der Waals surface area contributed by atoms with Gasteiger partial charge in [-0.3, -0.25) is 4.79 Å². The molecule has 0 fully saturated rings. The van der Waals surface area contributed by atoms with E-state index in [-0.39, 0.29) is 5.78 Å².